The van der Waals surface area contributed by atoms with Crippen molar-refractivity contribution in [3.8, 4) is 11.1 Å². The van der Waals surface area contributed by atoms with Gasteiger partial charge >= 0.3 is 5.97 Å². The largest absolute Gasteiger partial charge is 0.480 e. The van der Waals surface area contributed by atoms with Crippen molar-refractivity contribution in [2.75, 3.05) is 0 Å². The van der Waals surface area contributed by atoms with Crippen molar-refractivity contribution in [3.05, 3.63) is 64.6 Å². The van der Waals surface area contributed by atoms with Gasteiger partial charge in [0.15, 0.2) is 5.65 Å². The fourth-order valence-electron chi connectivity index (χ4n) is 3.04. The number of fused-ring (bicyclic) bond motifs is 3. The average molecular weight is 352 g/mol. The van der Waals surface area contributed by atoms with E-state index in [1.807, 2.05) is 6.92 Å². The lowest BCUT2D eigenvalue weighted by atomic mass is 10.1. The van der Waals surface area contributed by atoms with E-state index in [-0.39, 0.29) is 11.2 Å². The van der Waals surface area contributed by atoms with Crippen molar-refractivity contribution in [1.82, 2.24) is 19.2 Å². The lowest BCUT2D eigenvalue weighted by molar-refractivity contribution is -0.137. The zero-order chi connectivity index (χ0) is 18.4. The molecule has 0 saturated carbocycles. The van der Waals surface area contributed by atoms with Crippen LogP contribution in [0.4, 0.5) is 4.39 Å². The predicted octanol–water partition coefficient (Wildman–Crippen LogP) is 2.24. The molecule has 3 heterocycles. The summed E-state index contributed by atoms with van der Waals surface area (Å²) in [6.07, 6.45) is 2.84. The Morgan fingerprint density at radius 2 is 1.96 bits per heavy atom. The molecule has 8 heteroatoms. The van der Waals surface area contributed by atoms with Crippen LogP contribution in [0, 0.1) is 12.7 Å². The van der Waals surface area contributed by atoms with E-state index < -0.39 is 18.1 Å². The van der Waals surface area contributed by atoms with E-state index in [9.17, 15) is 14.0 Å². The second-order valence-corrected chi connectivity index (χ2v) is 5.90. The number of nitrogens with zero attached hydrogens (tertiary/aromatic N) is 4. The summed E-state index contributed by atoms with van der Waals surface area (Å²) in [5, 5.41) is 13.6. The second kappa shape index (κ2) is 5.76. The van der Waals surface area contributed by atoms with Gasteiger partial charge in [-0.05, 0) is 30.7 Å². The summed E-state index contributed by atoms with van der Waals surface area (Å²) in [4.78, 5) is 27.7. The Morgan fingerprint density at radius 3 is 2.65 bits per heavy atom. The number of carboxylic acids is 1. The highest BCUT2D eigenvalue weighted by molar-refractivity contribution is 5.86. The fourth-order valence-corrected chi connectivity index (χ4v) is 3.04. The van der Waals surface area contributed by atoms with Gasteiger partial charge in [-0.2, -0.15) is 5.10 Å². The van der Waals surface area contributed by atoms with Crippen molar-refractivity contribution in [1.29, 1.82) is 0 Å². The molecule has 0 aliphatic carbocycles. The maximum absolute atomic E-state index is 13.2. The Balaban J connectivity index is 1.99. The van der Waals surface area contributed by atoms with E-state index in [0.717, 1.165) is 15.7 Å². The van der Waals surface area contributed by atoms with Crippen LogP contribution < -0.4 is 5.56 Å². The molecule has 0 aliphatic heterocycles. The molecule has 0 bridgehead atoms. The standard InChI is InChI=1S/C18H13FN4O3/c1-10-16(11-2-4-12(19)5-3-11)17-20-8-13-14(23(17)21-10)6-7-22(18(13)26)9-15(24)25/h2-8H,9H2,1H3,(H,24,25). The van der Waals surface area contributed by atoms with Gasteiger partial charge in [0, 0.05) is 18.0 Å². The number of carbonyl (C=O) groups is 1. The van der Waals surface area contributed by atoms with Crippen LogP contribution in [0.25, 0.3) is 27.7 Å². The molecular weight excluding hydrogens is 339 g/mol. The van der Waals surface area contributed by atoms with Crippen molar-refractivity contribution in [2.45, 2.75) is 13.5 Å². The van der Waals surface area contributed by atoms with Crippen LogP contribution >= 0.6 is 0 Å². The van der Waals surface area contributed by atoms with Crippen LogP contribution in [-0.4, -0.2) is 30.2 Å². The second-order valence-electron chi connectivity index (χ2n) is 5.90. The molecule has 0 saturated heterocycles. The number of aryl methyl sites for hydroxylation is 1. The zero-order valence-corrected chi connectivity index (χ0v) is 13.7. The first-order chi connectivity index (χ1) is 12.5. The highest BCUT2D eigenvalue weighted by Gasteiger charge is 2.16. The summed E-state index contributed by atoms with van der Waals surface area (Å²) in [5.41, 5.74) is 2.82. The van der Waals surface area contributed by atoms with E-state index in [2.05, 4.69) is 10.1 Å². The Morgan fingerprint density at radius 1 is 1.23 bits per heavy atom. The van der Waals surface area contributed by atoms with Gasteiger partial charge in [-0.3, -0.25) is 9.59 Å². The van der Waals surface area contributed by atoms with E-state index in [0.29, 0.717) is 16.9 Å². The maximum Gasteiger partial charge on any atom is 0.323 e. The number of pyridine rings is 1. The third-order valence-corrected chi connectivity index (χ3v) is 4.20. The number of benzene rings is 1. The van der Waals surface area contributed by atoms with Crippen molar-refractivity contribution in [2.24, 2.45) is 0 Å². The van der Waals surface area contributed by atoms with Crippen molar-refractivity contribution < 1.29 is 14.3 Å². The molecule has 0 aliphatic rings. The van der Waals surface area contributed by atoms with Gasteiger partial charge < -0.3 is 9.67 Å². The molecular formula is C18H13FN4O3. The van der Waals surface area contributed by atoms with Crippen LogP contribution in [0.3, 0.4) is 0 Å². The van der Waals surface area contributed by atoms with Crippen molar-refractivity contribution >= 4 is 22.5 Å². The minimum atomic E-state index is -1.10. The monoisotopic (exact) mass is 352 g/mol. The van der Waals surface area contributed by atoms with Gasteiger partial charge in [0.25, 0.3) is 5.56 Å². The van der Waals surface area contributed by atoms with Gasteiger partial charge in [-0.25, -0.2) is 13.9 Å². The summed E-state index contributed by atoms with van der Waals surface area (Å²) < 4.78 is 15.9. The summed E-state index contributed by atoms with van der Waals surface area (Å²) in [6.45, 7) is 1.39. The van der Waals surface area contributed by atoms with E-state index in [1.165, 1.54) is 24.5 Å². The normalized spacial score (nSPS) is 11.3. The summed E-state index contributed by atoms with van der Waals surface area (Å²) >= 11 is 0. The fraction of sp³-hybridized carbons (Fsp3) is 0.111. The Kier molecular flexibility index (Phi) is 3.54. The number of hydrogen-bond donors (Lipinski definition) is 1. The number of halogens is 1. The SMILES string of the molecule is Cc1nn2c(ncc3c(=O)n(CC(=O)O)ccc32)c1-c1ccc(F)cc1. The lowest BCUT2D eigenvalue weighted by Gasteiger charge is -2.06. The molecule has 1 N–H and O–H groups in total. The van der Waals surface area contributed by atoms with Crippen molar-refractivity contribution in [3.63, 3.8) is 0 Å². The molecule has 7 nitrogen and oxygen atoms in total. The van der Waals surface area contributed by atoms with E-state index in [1.54, 1.807) is 22.7 Å². The predicted molar refractivity (Wildman–Crippen MR) is 92.5 cm³/mol. The van der Waals surface area contributed by atoms with Crippen LogP contribution in [0.5, 0.6) is 0 Å². The highest BCUT2D eigenvalue weighted by Crippen LogP contribution is 2.28. The van der Waals surface area contributed by atoms with Gasteiger partial charge in [-0.1, -0.05) is 12.1 Å². The Hall–Kier alpha value is -3.55. The molecule has 0 fully saturated rings. The first-order valence-corrected chi connectivity index (χ1v) is 7.81. The molecule has 0 spiro atoms. The Bertz CT molecular complexity index is 1230. The molecule has 0 unspecified atom stereocenters. The third-order valence-electron chi connectivity index (χ3n) is 4.20. The maximum atomic E-state index is 13.2. The molecule has 0 atom stereocenters. The topological polar surface area (TPSA) is 89.5 Å². The van der Waals surface area contributed by atoms with Gasteiger partial charge in [0.2, 0.25) is 0 Å². The van der Waals surface area contributed by atoms with Crippen LogP contribution in [-0.2, 0) is 11.3 Å². The molecule has 26 heavy (non-hydrogen) atoms. The summed E-state index contributed by atoms with van der Waals surface area (Å²) in [7, 11) is 0. The molecule has 0 amide bonds. The van der Waals surface area contributed by atoms with E-state index in [4.69, 9.17) is 5.11 Å². The molecule has 130 valence electrons. The first-order valence-electron chi connectivity index (χ1n) is 7.81. The summed E-state index contributed by atoms with van der Waals surface area (Å²) in [6, 6.07) is 7.66. The number of aliphatic carboxylic acids is 1. The Labute approximate surface area is 146 Å². The number of aromatic nitrogens is 4. The van der Waals surface area contributed by atoms with Gasteiger partial charge in [0.05, 0.1) is 16.6 Å². The van der Waals surface area contributed by atoms with Gasteiger partial charge in [0.1, 0.15) is 12.4 Å². The zero-order valence-electron chi connectivity index (χ0n) is 13.7. The first kappa shape index (κ1) is 15.9. The molecule has 0 radical (unpaired) electrons. The third kappa shape index (κ3) is 2.43. The molecule has 1 aromatic carbocycles. The molecule has 3 aromatic heterocycles. The van der Waals surface area contributed by atoms with Crippen LogP contribution in [0.2, 0.25) is 0 Å². The minimum Gasteiger partial charge on any atom is -0.480 e. The molecule has 4 rings (SSSR count). The van der Waals surface area contributed by atoms with Crippen LogP contribution in [0.1, 0.15) is 5.69 Å². The quantitative estimate of drug-likeness (QED) is 0.611. The average Bonchev–Trinajstić information content (AvgIpc) is 2.94. The highest BCUT2D eigenvalue weighted by atomic mass is 19.1. The summed E-state index contributed by atoms with van der Waals surface area (Å²) in [5.74, 6) is -1.44. The minimum absolute atomic E-state index is 0.273. The van der Waals surface area contributed by atoms with Gasteiger partial charge in [-0.15, -0.1) is 0 Å². The molecule has 4 aromatic rings. The number of hydrogen-bond acceptors (Lipinski definition) is 4. The number of rotatable bonds is 3. The smallest absolute Gasteiger partial charge is 0.323 e. The van der Waals surface area contributed by atoms with Crippen LogP contribution in [0.15, 0.2) is 47.5 Å². The number of carboxylic acid groups (broad SMARTS) is 1. The van der Waals surface area contributed by atoms with E-state index >= 15 is 0 Å². The lowest BCUT2D eigenvalue weighted by Crippen LogP contribution is -2.24.